The number of anilines is 2. The number of carbonyl (C=O) groups excluding carboxylic acids is 3. The van der Waals surface area contributed by atoms with Gasteiger partial charge in [0.2, 0.25) is 5.91 Å². The zero-order chi connectivity index (χ0) is 19.8. The number of ether oxygens (including phenoxy) is 1. The van der Waals surface area contributed by atoms with Crippen LogP contribution in [0.2, 0.25) is 0 Å². The number of hydrogen-bond donors (Lipinski definition) is 0. The molecule has 4 rings (SSSR count). The van der Waals surface area contributed by atoms with Crippen LogP contribution in [-0.2, 0) is 16.0 Å². The van der Waals surface area contributed by atoms with E-state index in [-0.39, 0.29) is 30.6 Å². The number of hydrogen-bond acceptors (Lipinski definition) is 4. The molecule has 0 radical (unpaired) electrons. The van der Waals surface area contributed by atoms with Crippen LogP contribution < -0.4 is 14.5 Å². The van der Waals surface area contributed by atoms with E-state index in [0.29, 0.717) is 24.4 Å². The Morgan fingerprint density at radius 2 is 1.93 bits per heavy atom. The van der Waals surface area contributed by atoms with Crippen LogP contribution in [0.1, 0.15) is 34.8 Å². The highest BCUT2D eigenvalue weighted by molar-refractivity contribution is 6.01. The Morgan fingerprint density at radius 1 is 1.11 bits per heavy atom. The summed E-state index contributed by atoms with van der Waals surface area (Å²) in [6.45, 7) is 4.40. The average Bonchev–Trinajstić information content (AvgIpc) is 3.10. The van der Waals surface area contributed by atoms with Gasteiger partial charge in [-0.3, -0.25) is 14.4 Å². The molecule has 2 aromatic rings. The highest BCUT2D eigenvalue weighted by Gasteiger charge is 2.29. The number of rotatable bonds is 4. The summed E-state index contributed by atoms with van der Waals surface area (Å²) in [7, 11) is 0. The Balaban J connectivity index is 1.49. The van der Waals surface area contributed by atoms with Gasteiger partial charge in [0.05, 0.1) is 5.69 Å². The number of ketones is 1. The molecule has 0 fully saturated rings. The average molecular weight is 378 g/mol. The van der Waals surface area contributed by atoms with Gasteiger partial charge in [-0.2, -0.15) is 0 Å². The van der Waals surface area contributed by atoms with Crippen LogP contribution in [0.5, 0.6) is 5.75 Å². The lowest BCUT2D eigenvalue weighted by Gasteiger charge is -2.30. The third-order valence-corrected chi connectivity index (χ3v) is 5.29. The quantitative estimate of drug-likeness (QED) is 0.768. The van der Waals surface area contributed by atoms with E-state index in [2.05, 4.69) is 0 Å². The van der Waals surface area contributed by atoms with Gasteiger partial charge < -0.3 is 14.5 Å². The Kier molecular flexibility index (Phi) is 4.63. The first-order valence-corrected chi connectivity index (χ1v) is 9.42. The lowest BCUT2D eigenvalue weighted by Crippen LogP contribution is -2.41. The van der Waals surface area contributed by atoms with E-state index >= 15 is 0 Å². The van der Waals surface area contributed by atoms with Crippen LogP contribution in [0.3, 0.4) is 0 Å². The van der Waals surface area contributed by atoms with Crippen LogP contribution in [0.15, 0.2) is 36.4 Å². The summed E-state index contributed by atoms with van der Waals surface area (Å²) in [6, 6.07) is 11.2. The van der Waals surface area contributed by atoms with Gasteiger partial charge in [-0.25, -0.2) is 0 Å². The van der Waals surface area contributed by atoms with E-state index in [1.54, 1.807) is 22.8 Å². The maximum atomic E-state index is 12.8. The first kappa shape index (κ1) is 18.2. The van der Waals surface area contributed by atoms with Crippen LogP contribution in [0, 0.1) is 6.92 Å². The molecule has 0 aliphatic carbocycles. The Hall–Kier alpha value is -3.15. The first-order valence-electron chi connectivity index (χ1n) is 9.42. The lowest BCUT2D eigenvalue weighted by molar-refractivity contribution is -0.121. The third-order valence-electron chi connectivity index (χ3n) is 5.29. The maximum Gasteiger partial charge on any atom is 0.265 e. The van der Waals surface area contributed by atoms with Crippen molar-refractivity contribution < 1.29 is 19.1 Å². The van der Waals surface area contributed by atoms with Crippen molar-refractivity contribution in [2.45, 2.75) is 26.7 Å². The fourth-order valence-electron chi connectivity index (χ4n) is 3.78. The van der Waals surface area contributed by atoms with Gasteiger partial charge in [0, 0.05) is 30.8 Å². The van der Waals surface area contributed by atoms with Crippen molar-refractivity contribution in [3.8, 4) is 5.75 Å². The molecule has 2 heterocycles. The van der Waals surface area contributed by atoms with Crippen molar-refractivity contribution in [1.29, 1.82) is 0 Å². The maximum absolute atomic E-state index is 12.8. The monoisotopic (exact) mass is 378 g/mol. The van der Waals surface area contributed by atoms with Crippen LogP contribution >= 0.6 is 0 Å². The second-order valence-corrected chi connectivity index (χ2v) is 7.25. The molecule has 2 aromatic carbocycles. The van der Waals surface area contributed by atoms with Crippen LogP contribution in [0.4, 0.5) is 11.4 Å². The van der Waals surface area contributed by atoms with Crippen molar-refractivity contribution in [3.63, 3.8) is 0 Å². The molecule has 2 aliphatic rings. The minimum absolute atomic E-state index is 0.00930. The molecule has 6 heteroatoms. The minimum atomic E-state index is -0.140. The van der Waals surface area contributed by atoms with E-state index in [4.69, 9.17) is 4.74 Å². The molecule has 0 unspecified atom stereocenters. The molecule has 6 nitrogen and oxygen atoms in total. The molecule has 0 N–H and O–H groups in total. The summed E-state index contributed by atoms with van der Waals surface area (Å²) in [4.78, 5) is 40.1. The van der Waals surface area contributed by atoms with Gasteiger partial charge in [-0.05, 0) is 61.7 Å². The molecule has 0 saturated heterocycles. The number of carbonyl (C=O) groups is 3. The second-order valence-electron chi connectivity index (χ2n) is 7.25. The fraction of sp³-hybridized carbons (Fsp3) is 0.318. The van der Waals surface area contributed by atoms with Crippen molar-refractivity contribution in [3.05, 3.63) is 53.1 Å². The predicted molar refractivity (Wildman–Crippen MR) is 106 cm³/mol. The smallest absolute Gasteiger partial charge is 0.265 e. The lowest BCUT2D eigenvalue weighted by atomic mass is 10.1. The molecule has 0 saturated carbocycles. The van der Waals surface area contributed by atoms with E-state index < -0.39 is 0 Å². The highest BCUT2D eigenvalue weighted by Crippen LogP contribution is 2.34. The van der Waals surface area contributed by atoms with E-state index in [1.165, 1.54) is 0 Å². The number of benzene rings is 2. The van der Waals surface area contributed by atoms with Crippen molar-refractivity contribution in [2.24, 2.45) is 0 Å². The summed E-state index contributed by atoms with van der Waals surface area (Å²) in [6.07, 6.45) is 0.966. The summed E-state index contributed by atoms with van der Waals surface area (Å²) >= 11 is 0. The molecular formula is C22H22N2O4. The van der Waals surface area contributed by atoms with Crippen molar-refractivity contribution in [2.75, 3.05) is 29.5 Å². The summed E-state index contributed by atoms with van der Waals surface area (Å²) in [5.74, 6) is 0.523. The minimum Gasteiger partial charge on any atom is -0.482 e. The van der Waals surface area contributed by atoms with Crippen LogP contribution in [0.25, 0.3) is 0 Å². The summed E-state index contributed by atoms with van der Waals surface area (Å²) < 4.78 is 5.49. The molecule has 0 bridgehead atoms. The molecule has 0 atom stereocenters. The SMILES string of the molecule is CC(=O)c1ccc2c(c1)CCN2C(=O)CCN1C(=O)COc2ccc(C)cc21. The highest BCUT2D eigenvalue weighted by atomic mass is 16.5. The standard InChI is InChI=1S/C22H22N2O4/c1-14-3-6-20-19(11-14)24(22(27)13-28-20)10-8-21(26)23-9-7-17-12-16(15(2)25)4-5-18(17)23/h3-6,11-12H,7-10,13H2,1-2H3. The molecular weight excluding hydrogens is 356 g/mol. The van der Waals surface area contributed by atoms with Gasteiger partial charge in [0.25, 0.3) is 5.91 Å². The Bertz CT molecular complexity index is 982. The predicted octanol–water partition coefficient (Wildman–Crippen LogP) is 2.90. The molecule has 0 spiro atoms. The fourth-order valence-corrected chi connectivity index (χ4v) is 3.78. The van der Waals surface area contributed by atoms with Gasteiger partial charge in [0.15, 0.2) is 12.4 Å². The van der Waals surface area contributed by atoms with Crippen molar-refractivity contribution in [1.82, 2.24) is 0 Å². The second kappa shape index (κ2) is 7.11. The Labute approximate surface area is 163 Å². The third kappa shape index (κ3) is 3.26. The van der Waals surface area contributed by atoms with E-state index in [0.717, 1.165) is 28.9 Å². The number of aryl methyl sites for hydroxylation is 1. The van der Waals surface area contributed by atoms with Crippen LogP contribution in [-0.4, -0.2) is 37.3 Å². The molecule has 0 aromatic heterocycles. The normalized spacial score (nSPS) is 15.1. The molecule has 2 aliphatic heterocycles. The number of amides is 2. The van der Waals surface area contributed by atoms with E-state index in [1.807, 2.05) is 37.3 Å². The summed E-state index contributed by atoms with van der Waals surface area (Å²) in [5.41, 5.74) is 4.29. The van der Waals surface area contributed by atoms with Gasteiger partial charge in [-0.15, -0.1) is 0 Å². The number of Topliss-reactive ketones (excluding diaryl/α,β-unsaturated/α-hetero) is 1. The zero-order valence-corrected chi connectivity index (χ0v) is 16.0. The summed E-state index contributed by atoms with van der Waals surface area (Å²) in [5, 5.41) is 0. The van der Waals surface area contributed by atoms with E-state index in [9.17, 15) is 14.4 Å². The Morgan fingerprint density at radius 3 is 2.71 bits per heavy atom. The zero-order valence-electron chi connectivity index (χ0n) is 16.0. The van der Waals surface area contributed by atoms with Gasteiger partial charge in [0.1, 0.15) is 5.75 Å². The topological polar surface area (TPSA) is 66.9 Å². The molecule has 2 amide bonds. The number of nitrogens with zero attached hydrogens (tertiary/aromatic N) is 2. The molecule has 28 heavy (non-hydrogen) atoms. The van der Waals surface area contributed by atoms with Gasteiger partial charge >= 0.3 is 0 Å². The van der Waals surface area contributed by atoms with Crippen molar-refractivity contribution >= 4 is 29.0 Å². The molecule has 144 valence electrons. The largest absolute Gasteiger partial charge is 0.482 e. The van der Waals surface area contributed by atoms with Gasteiger partial charge in [-0.1, -0.05) is 6.07 Å². The first-order chi connectivity index (χ1) is 13.4. The number of fused-ring (bicyclic) bond motifs is 2.